The Morgan fingerprint density at radius 1 is 0.425 bits per heavy atom. The van der Waals surface area contributed by atoms with E-state index < -0.39 is 95.6 Å². The van der Waals surface area contributed by atoms with Crippen molar-refractivity contribution in [1.29, 1.82) is 0 Å². The Hall–Kier alpha value is -5.56. The molecule has 792 valence electrons. The van der Waals surface area contributed by atoms with Gasteiger partial charge in [-0.1, -0.05) is 81.6 Å². The number of nitrogens with zero attached hydrogens (tertiary/aromatic N) is 5. The number of alkyl carbamates (subject to hydrolysis) is 5. The minimum Gasteiger partial charge on any atom is -0.480 e. The van der Waals surface area contributed by atoms with Crippen LogP contribution in [0.15, 0.2) is 0 Å². The van der Waals surface area contributed by atoms with Crippen molar-refractivity contribution >= 4 is 105 Å². The van der Waals surface area contributed by atoms with E-state index in [1.807, 2.05) is 76.2 Å². The summed E-state index contributed by atoms with van der Waals surface area (Å²) < 4.78 is 77.2. The fraction of sp³-hybridized carbons (Fsp3) is 0.892. The molecule has 134 heavy (non-hydrogen) atoms. The fourth-order valence-electron chi connectivity index (χ4n) is 12.8. The summed E-state index contributed by atoms with van der Waals surface area (Å²) in [5, 5.41) is 33.3. The smallest absolute Gasteiger partial charge is 0.408 e. The molecular formula is C93H185BCl3FN12O24. The first-order chi connectivity index (χ1) is 61.3. The van der Waals surface area contributed by atoms with Crippen LogP contribution in [-0.4, -0.2) is 370 Å². The highest BCUT2D eigenvalue weighted by molar-refractivity contribution is 6.11. The van der Waals surface area contributed by atoms with Gasteiger partial charge in [0.25, 0.3) is 0 Å². The summed E-state index contributed by atoms with van der Waals surface area (Å²) in [5.41, 5.74) is 2.83. The first kappa shape index (κ1) is 137. The number of carboxylic acids is 2. The Labute approximate surface area is 826 Å². The monoisotopic (exact) mass is 1990 g/mol. The molecule has 0 aromatic rings. The van der Waals surface area contributed by atoms with Crippen molar-refractivity contribution in [3.8, 4) is 0 Å². The Kier molecular flexibility index (Phi) is 78.9. The SMILES string of the molecule is C1COCCN1.CC[C@H](C)[C@H](C)C(=O)C[C@@H](C)CN1CCOCC1.CC[C@H](C)[C@H](NC(=O)OC(C)(C)C)C(=O)C[C@@H](C)CN1CCOCC1.CC[C@H](C)[C@H](NC(=O)OC(C)(C)C)C(=O)O.C[C@@H](CN1CCOCC1)NC(=O)OC(C)(C)C.C[C@H](N)CN1CCOCC1.C[C@H](NC(=O)OC(C)(C)C)C(=O)N1CCOCC1.C[C@H](NC(=O)OC(C)(C)C)C(=O)O.Cl.Cl.Cl.[2H]CF.[B]C1CCCO1. The lowest BCUT2D eigenvalue weighted by atomic mass is 9.86. The molecule has 10 N–H and O–H groups in total. The van der Waals surface area contributed by atoms with Gasteiger partial charge in [-0.3, -0.25) is 43.2 Å². The van der Waals surface area contributed by atoms with Crippen molar-refractivity contribution in [1.82, 2.24) is 56.4 Å². The van der Waals surface area contributed by atoms with E-state index >= 15 is 0 Å². The number of morpholine rings is 6. The third-order valence-electron chi connectivity index (χ3n) is 20.2. The molecule has 13 atom stereocenters. The second-order valence-electron chi connectivity index (χ2n) is 39.2. The minimum absolute atomic E-state index is 0. The van der Waals surface area contributed by atoms with Crippen LogP contribution >= 0.6 is 37.2 Å². The highest BCUT2D eigenvalue weighted by Gasteiger charge is 2.33. The van der Waals surface area contributed by atoms with E-state index in [4.69, 9.17) is 82.0 Å². The number of rotatable bonds is 28. The number of halogens is 4. The topological polar surface area (TPSA) is 436 Å². The van der Waals surface area contributed by atoms with Crippen molar-refractivity contribution in [2.45, 2.75) is 309 Å². The number of carbonyl (C=O) groups excluding carboxylic acids is 8. The van der Waals surface area contributed by atoms with Crippen LogP contribution in [-0.2, 0) is 80.8 Å². The van der Waals surface area contributed by atoms with Crippen LogP contribution in [0.3, 0.4) is 0 Å². The van der Waals surface area contributed by atoms with Crippen LogP contribution in [0.2, 0.25) is 0 Å². The Bertz CT molecular complexity index is 3090. The Morgan fingerprint density at radius 3 is 1.01 bits per heavy atom. The second kappa shape index (κ2) is 77.2. The van der Waals surface area contributed by atoms with E-state index in [1.165, 1.54) is 6.92 Å². The zero-order chi connectivity index (χ0) is 102. The standard InChI is InChI=1S/C19H36N2O4.C15H29NO2.C12H22N2O4.C12H24N2O3.C11H21NO4.C8H15NO4.C7H16N2O.C4H7BO.C4H9NO.CH3F.3ClH/c1-7-15(3)17(20-18(23)25-19(4,5)6)16(22)12-14(2)13-21-8-10-24-11-9-21;1-5-13(3)14(4)15(17)10-12(2)11-16-6-8-18-9-7-16;1-9(13-11(16)18-12(2,3)4)10(15)14-5-7-17-8-6-14;1-10(9-14-5-7-16-8-6-14)13-11(15)17-12(2,3)4;1-6-7(2)8(9(13)14)12-10(15)16-11(3,4)5;1-5(6(10)11)9-7(12)13-8(2,3)4;1-7(8)6-9-2-4-10-5-3-9;5-4-2-1-3-6-4;1-3-6-4-2-5-1;1-2;;;/h14-15,17H,7-13H2,1-6H3,(H,20,23);12-14H,5-11H2,1-4H3;9H,5-8H2,1-4H3,(H,13,16);10H,5-9H2,1-4H3,(H,13,15);7-8H,6H2,1-5H3,(H,12,15)(H,13,14);5H,1-4H3,(H,9,12)(H,10,11);7H,2-6,8H2,1H3;4H,1-3H2;5H,1-4H2;1H3;3*1H/t14-,15+,17+;12-,13+,14+;9-;10-;7-,8-;5-;7-;;;;;;/m1100000....../s1/i;;;;;;;;;1D;;;. The van der Waals surface area contributed by atoms with Crippen molar-refractivity contribution in [3.05, 3.63) is 0 Å². The summed E-state index contributed by atoms with van der Waals surface area (Å²) in [4.78, 5) is 127. The number of alkyl halides is 1. The first-order valence-electron chi connectivity index (χ1n) is 47.8. The molecule has 0 aliphatic carbocycles. The molecule has 0 spiro atoms. The number of nitrogens with two attached hydrogens (primary N) is 1. The molecule has 7 heterocycles. The maximum atomic E-state index is 12.8. The molecule has 0 bridgehead atoms. The molecule has 7 fully saturated rings. The quantitative estimate of drug-likeness (QED) is 0.0259. The zero-order valence-electron chi connectivity index (χ0n) is 88.0. The average molecular weight is 1990 g/mol. The van der Waals surface area contributed by atoms with E-state index in [0.29, 0.717) is 56.8 Å². The van der Waals surface area contributed by atoms with Gasteiger partial charge in [-0.25, -0.2) is 28.8 Å². The normalized spacial score (nSPS) is 19.3. The molecule has 41 heteroatoms. The average Bonchev–Trinajstić information content (AvgIpc) is 1.14. The number of Topliss-reactive ketones (excluding diaryl/α,β-unsaturated/α-hetero) is 2. The molecular weight excluding hydrogens is 1810 g/mol. The lowest BCUT2D eigenvalue weighted by Gasteiger charge is -2.30. The largest absolute Gasteiger partial charge is 0.480 e. The molecule has 0 aromatic carbocycles. The van der Waals surface area contributed by atoms with Crippen molar-refractivity contribution in [3.63, 3.8) is 0 Å². The molecule has 36 nitrogen and oxygen atoms in total. The van der Waals surface area contributed by atoms with Gasteiger partial charge in [-0.2, -0.15) is 0 Å². The predicted octanol–water partition coefficient (Wildman–Crippen LogP) is 11.8. The van der Waals surface area contributed by atoms with Gasteiger partial charge in [0.15, 0.2) is 5.78 Å². The molecule has 1 unspecified atom stereocenters. The molecule has 0 saturated carbocycles. The predicted molar refractivity (Wildman–Crippen MR) is 530 cm³/mol. The Morgan fingerprint density at radius 2 is 0.724 bits per heavy atom. The number of aliphatic carboxylic acids is 2. The first-order valence-corrected chi connectivity index (χ1v) is 47.1. The molecule has 0 aromatic heterocycles. The minimum atomic E-state index is -1.09. The van der Waals surface area contributed by atoms with Gasteiger partial charge in [-0.05, 0) is 174 Å². The third-order valence-corrected chi connectivity index (χ3v) is 20.2. The number of nitrogens with one attached hydrogen (secondary N) is 6. The lowest BCUT2D eigenvalue weighted by molar-refractivity contribution is -0.141. The van der Waals surface area contributed by atoms with Crippen LogP contribution in [0.5, 0.6) is 0 Å². The zero-order valence-corrected chi connectivity index (χ0v) is 89.5. The summed E-state index contributed by atoms with van der Waals surface area (Å²) in [6.45, 7) is 77.1. The third kappa shape index (κ3) is 79.3. The number of hydrogen-bond donors (Lipinski definition) is 9. The molecule has 2 radical (unpaired) electrons. The number of ether oxygens (including phenoxy) is 12. The Balaban J connectivity index is -0.000000352. The van der Waals surface area contributed by atoms with Crippen LogP contribution < -0.4 is 37.6 Å². The molecule has 7 saturated heterocycles. The van der Waals surface area contributed by atoms with Gasteiger partial charge in [0.2, 0.25) is 5.91 Å². The summed E-state index contributed by atoms with van der Waals surface area (Å²) in [5.74, 6) is -0.350. The van der Waals surface area contributed by atoms with E-state index in [-0.39, 0.29) is 96.8 Å². The maximum Gasteiger partial charge on any atom is 0.408 e. The van der Waals surface area contributed by atoms with Gasteiger partial charge in [0, 0.05) is 148 Å². The van der Waals surface area contributed by atoms with E-state index in [1.54, 1.807) is 81.1 Å². The summed E-state index contributed by atoms with van der Waals surface area (Å²) in [6.07, 6.45) is 3.10. The van der Waals surface area contributed by atoms with E-state index in [2.05, 4.69) is 86.1 Å². The number of hydrogen-bond acceptors (Lipinski definition) is 28. The fourth-order valence-corrected chi connectivity index (χ4v) is 12.8. The van der Waals surface area contributed by atoms with Gasteiger partial charge in [-0.15, -0.1) is 37.2 Å². The number of ketones is 2. The highest BCUT2D eigenvalue weighted by Crippen LogP contribution is 2.22. The molecule has 7 aliphatic rings. The molecule has 6 amide bonds. The van der Waals surface area contributed by atoms with Gasteiger partial charge in [0.1, 0.15) is 59.8 Å². The van der Waals surface area contributed by atoms with Gasteiger partial charge < -0.3 is 110 Å². The van der Waals surface area contributed by atoms with Crippen LogP contribution in [0.25, 0.3) is 0 Å². The molecule has 7 aliphatic heterocycles. The summed E-state index contributed by atoms with van der Waals surface area (Å²) in [7, 11) is 4.31. The van der Waals surface area contributed by atoms with Crippen molar-refractivity contribution in [2.75, 3.05) is 198 Å². The van der Waals surface area contributed by atoms with Crippen LogP contribution in [0, 0.1) is 35.5 Å². The second-order valence-corrected chi connectivity index (χ2v) is 39.2. The lowest BCUT2D eigenvalue weighted by Crippen LogP contribution is -2.51. The van der Waals surface area contributed by atoms with Crippen molar-refractivity contribution in [2.24, 2.45) is 41.2 Å². The number of carboxylic acid groups (broad SMARTS) is 2. The van der Waals surface area contributed by atoms with E-state index in [9.17, 15) is 52.3 Å². The summed E-state index contributed by atoms with van der Waals surface area (Å²) in [6, 6.07) is -2.49. The van der Waals surface area contributed by atoms with Gasteiger partial charge >= 0.3 is 42.4 Å². The van der Waals surface area contributed by atoms with Crippen molar-refractivity contribution < 1.29 is 121 Å². The molecule has 7 rings (SSSR count). The van der Waals surface area contributed by atoms with E-state index in [0.717, 1.165) is 196 Å². The highest BCUT2D eigenvalue weighted by atomic mass is 35.5. The summed E-state index contributed by atoms with van der Waals surface area (Å²) >= 11 is 0. The van der Waals surface area contributed by atoms with Crippen LogP contribution in [0.1, 0.15) is 240 Å². The van der Waals surface area contributed by atoms with Crippen LogP contribution in [0.4, 0.5) is 28.4 Å². The van der Waals surface area contributed by atoms with Gasteiger partial charge in [0.05, 0.1) is 93.8 Å². The number of amides is 6. The number of carbonyl (C=O) groups is 10. The maximum absolute atomic E-state index is 12.8.